The molecule has 670 valence electrons. The van der Waals surface area contributed by atoms with Gasteiger partial charge in [0.15, 0.2) is 0 Å². The Balaban J connectivity index is -0.000000725. The predicted octanol–water partition coefficient (Wildman–Crippen LogP) is 27.0. The average Bonchev–Trinajstić information content (AvgIpc) is 0.849. The maximum absolute atomic E-state index is 11.6. The van der Waals surface area contributed by atoms with E-state index in [1.807, 2.05) is 12.2 Å². The van der Waals surface area contributed by atoms with E-state index in [9.17, 15) is 64.2 Å². The fourth-order valence-corrected chi connectivity index (χ4v) is 13.5. The predicted molar refractivity (Wildman–Crippen MR) is 473 cm³/mol. The first-order chi connectivity index (χ1) is 55.9. The van der Waals surface area contributed by atoms with E-state index in [1.165, 1.54) is 193 Å². The highest BCUT2D eigenvalue weighted by Crippen LogP contribution is 2.32. The maximum atomic E-state index is 11.6. The van der Waals surface area contributed by atoms with Gasteiger partial charge in [0.1, 0.15) is 0 Å². The lowest BCUT2D eigenvalue weighted by Crippen LogP contribution is -2.39. The molecule has 2 atom stereocenters. The monoisotopic (exact) mass is 1640 g/mol. The van der Waals surface area contributed by atoms with Crippen molar-refractivity contribution >= 4 is 35.8 Å². The number of nitro groups is 3. The van der Waals surface area contributed by atoms with Crippen molar-refractivity contribution in [3.8, 4) is 0 Å². The van der Waals surface area contributed by atoms with Crippen molar-refractivity contribution in [3.63, 3.8) is 0 Å². The molecule has 0 aromatic rings. The number of carbonyl (C=O) groups is 6. The Labute approximate surface area is 701 Å². The van der Waals surface area contributed by atoms with Crippen LogP contribution in [-0.2, 0) is 28.8 Å². The Bertz CT molecular complexity index is 2610. The summed E-state index contributed by atoms with van der Waals surface area (Å²) in [5.74, 6) is -6.19. The minimum Gasteiger partial charge on any atom is -0.481 e. The van der Waals surface area contributed by atoms with Crippen LogP contribution in [-0.4, -0.2) is 110 Å². The molecule has 0 bridgehead atoms. The molecule has 7 N–H and O–H groups in total. The van der Waals surface area contributed by atoms with Gasteiger partial charge in [-0.3, -0.25) is 59.1 Å². The van der Waals surface area contributed by atoms with E-state index >= 15 is 0 Å². The highest BCUT2D eigenvalue weighted by molar-refractivity contribution is 5.68. The standard InChI is InChI=1S/C26H41NO6.C24H45NO6.C23H38O3.C21H41NO4/c1-2-3-4-5-6-7-8-9-10-11-12-13-14-15-16-17-18-21-26(27(32)33,22-19-24(28)29)23-20-25(30)31;1-2-3-4-5-6-7-8-9-10-11-12-13-14-15-16-19-24(25(30)31,20-17-22(26)27)21-18-23(28)29;1-2-3-4-5-6-7-8-9-10-11-12-13-14-15-16-17-18-19-22(24)20-21-23(25)26;1-2-3-4-5-6-7-8-9-10-11-12-13-14-15-16-17-20(22(25)26)18-19-21(23)24/h6-7,9-10,12-13,15-16H,2-5,8,11,14,17-23H2,1H3,(H,28,29)(H,30,31);2-21H2,1H3,(H,26,27)(H,28,29);6-7,9-10,12-13,15-16,22,24H,2-5,8,11,14,17-21H2,1H3,(H,25,26);20H,2-19H2,1H3,(H,23,24)/b7-6-,10-9-,13-12-,16-15-;;7-6-,10-9-,13-12-,16-15-;. The highest BCUT2D eigenvalue weighted by atomic mass is 16.6. The minimum absolute atomic E-state index is 0.0471. The van der Waals surface area contributed by atoms with Crippen LogP contribution in [0.5, 0.6) is 0 Å². The lowest BCUT2D eigenvalue weighted by molar-refractivity contribution is -0.574. The summed E-state index contributed by atoms with van der Waals surface area (Å²) >= 11 is 0. The second-order valence-electron chi connectivity index (χ2n) is 31.4. The lowest BCUT2D eigenvalue weighted by atomic mass is 9.83. The molecular formula is C94H165N3O19. The van der Waals surface area contributed by atoms with Crippen LogP contribution in [0.15, 0.2) is 97.2 Å². The summed E-state index contributed by atoms with van der Waals surface area (Å²) in [4.78, 5) is 97.4. The first-order valence-corrected chi connectivity index (χ1v) is 45.5. The zero-order valence-electron chi connectivity index (χ0n) is 73.0. The Kier molecular flexibility index (Phi) is 88.1. The molecule has 0 aliphatic rings. The van der Waals surface area contributed by atoms with Crippen LogP contribution >= 0.6 is 0 Å². The number of aliphatic carboxylic acids is 6. The molecule has 0 saturated carbocycles. The Hall–Kier alpha value is -7.10. The molecule has 116 heavy (non-hydrogen) atoms. The SMILES string of the molecule is CCCCC/C=C\C/C=C\C/C=C\C/C=C\CCCC(CCC(=O)O)(CCC(=O)O)[N+](=O)[O-].CCCCC/C=C\C/C=C\C/C=C\C/C=C\CCCC(O)CCC(=O)O.CCCCCCCCCCCCCCCCCC(CCC(=O)O)(CCC(=O)O)[N+](=O)[O-].CCCCCCCCCCCCCCCCCC(CCC(=O)O)[N+](=O)[O-]. The smallest absolute Gasteiger partial charge is 0.303 e. The van der Waals surface area contributed by atoms with Gasteiger partial charge in [0.05, 0.1) is 38.2 Å². The van der Waals surface area contributed by atoms with Gasteiger partial charge in [-0.1, -0.05) is 330 Å². The molecule has 0 saturated heterocycles. The van der Waals surface area contributed by atoms with E-state index in [1.54, 1.807) is 0 Å². The van der Waals surface area contributed by atoms with Crippen molar-refractivity contribution in [3.05, 3.63) is 128 Å². The summed E-state index contributed by atoms with van der Waals surface area (Å²) in [5.41, 5.74) is -2.94. The number of aliphatic hydroxyl groups excluding tert-OH is 1. The molecule has 22 heteroatoms. The molecule has 0 radical (unpaired) electrons. The number of aliphatic hydroxyl groups is 1. The van der Waals surface area contributed by atoms with Gasteiger partial charge in [-0.25, -0.2) is 0 Å². The molecule has 0 spiro atoms. The number of hydrogen-bond acceptors (Lipinski definition) is 13. The van der Waals surface area contributed by atoms with Gasteiger partial charge < -0.3 is 35.7 Å². The van der Waals surface area contributed by atoms with Gasteiger partial charge in [0.2, 0.25) is 17.1 Å². The summed E-state index contributed by atoms with van der Waals surface area (Å²) in [5, 5.41) is 96.6. The maximum Gasteiger partial charge on any atom is 0.303 e. The van der Waals surface area contributed by atoms with Gasteiger partial charge in [-0.05, 0) is 116 Å². The average molecular weight is 1640 g/mol. The molecule has 0 aromatic heterocycles. The van der Waals surface area contributed by atoms with E-state index in [0.29, 0.717) is 38.5 Å². The van der Waals surface area contributed by atoms with Gasteiger partial charge >= 0.3 is 35.8 Å². The van der Waals surface area contributed by atoms with E-state index in [4.69, 9.17) is 30.6 Å². The molecule has 0 fully saturated rings. The van der Waals surface area contributed by atoms with E-state index in [-0.39, 0.29) is 88.4 Å². The first kappa shape index (κ1) is 115. The van der Waals surface area contributed by atoms with Crippen LogP contribution in [0.3, 0.4) is 0 Å². The second-order valence-corrected chi connectivity index (χ2v) is 31.4. The molecule has 0 rings (SSSR count). The lowest BCUT2D eigenvalue weighted by Gasteiger charge is -2.24. The molecule has 0 heterocycles. The fourth-order valence-electron chi connectivity index (χ4n) is 13.5. The summed E-state index contributed by atoms with van der Waals surface area (Å²) in [7, 11) is 0. The summed E-state index contributed by atoms with van der Waals surface area (Å²) < 4.78 is 0. The molecule has 0 amide bonds. The van der Waals surface area contributed by atoms with Crippen molar-refractivity contribution in [1.29, 1.82) is 0 Å². The van der Waals surface area contributed by atoms with Crippen molar-refractivity contribution in [2.75, 3.05) is 0 Å². The van der Waals surface area contributed by atoms with Crippen LogP contribution in [0.4, 0.5) is 0 Å². The fraction of sp³-hybridized carbons (Fsp3) is 0.766. The van der Waals surface area contributed by atoms with Crippen LogP contribution in [0.25, 0.3) is 0 Å². The van der Waals surface area contributed by atoms with Crippen LogP contribution in [0, 0.1) is 30.3 Å². The number of carboxylic acids is 6. The van der Waals surface area contributed by atoms with Crippen molar-refractivity contribution < 1.29 is 79.3 Å². The Morgan fingerprint density at radius 1 is 0.259 bits per heavy atom. The molecule has 0 aliphatic heterocycles. The highest BCUT2D eigenvalue weighted by Gasteiger charge is 2.43. The minimum atomic E-state index is -1.50. The van der Waals surface area contributed by atoms with Crippen LogP contribution < -0.4 is 0 Å². The number of hydrogen-bond donors (Lipinski definition) is 7. The van der Waals surface area contributed by atoms with Crippen molar-refractivity contribution in [1.82, 2.24) is 0 Å². The molecule has 0 aromatic carbocycles. The van der Waals surface area contributed by atoms with Gasteiger partial charge in [-0.15, -0.1) is 0 Å². The largest absolute Gasteiger partial charge is 0.481 e. The zero-order valence-corrected chi connectivity index (χ0v) is 73.0. The van der Waals surface area contributed by atoms with Crippen LogP contribution in [0.1, 0.15) is 439 Å². The molecular weight excluding hydrogens is 1480 g/mol. The second kappa shape index (κ2) is 88.7. The van der Waals surface area contributed by atoms with E-state index in [2.05, 4.69) is 113 Å². The summed E-state index contributed by atoms with van der Waals surface area (Å²) in [6.45, 7) is 8.93. The zero-order chi connectivity index (χ0) is 86.9. The molecule has 2 unspecified atom stereocenters. The third-order valence-electron chi connectivity index (χ3n) is 20.9. The number of unbranched alkanes of at least 4 members (excludes halogenated alkanes) is 36. The topological polar surface area (TPSA) is 373 Å². The number of rotatable bonds is 81. The number of nitrogens with zero attached hydrogens (tertiary/aromatic N) is 3. The van der Waals surface area contributed by atoms with Gasteiger partial charge in [0, 0.05) is 72.6 Å². The first-order valence-electron chi connectivity index (χ1n) is 45.5. The normalized spacial score (nSPS) is 12.4. The summed E-state index contributed by atoms with van der Waals surface area (Å²) in [6, 6.07) is -0.687. The van der Waals surface area contributed by atoms with E-state index in [0.717, 1.165) is 96.3 Å². The number of allylic oxidation sites excluding steroid dienone is 16. The molecule has 0 aliphatic carbocycles. The Morgan fingerprint density at radius 2 is 0.483 bits per heavy atom. The van der Waals surface area contributed by atoms with Crippen molar-refractivity contribution in [2.24, 2.45) is 0 Å². The van der Waals surface area contributed by atoms with Gasteiger partial charge in [-0.2, -0.15) is 0 Å². The molecule has 22 nitrogen and oxygen atoms in total. The quantitative estimate of drug-likeness (QED) is 0.0129. The number of carboxylic acid groups (broad SMARTS) is 6. The summed E-state index contributed by atoms with van der Waals surface area (Å²) in [6.07, 6.45) is 90.1. The van der Waals surface area contributed by atoms with Crippen LogP contribution in [0.2, 0.25) is 0 Å². The third-order valence-corrected chi connectivity index (χ3v) is 20.9. The Morgan fingerprint density at radius 3 is 0.750 bits per heavy atom. The van der Waals surface area contributed by atoms with Crippen molar-refractivity contribution in [2.45, 2.75) is 462 Å². The van der Waals surface area contributed by atoms with Gasteiger partial charge in [0.25, 0.3) is 0 Å². The van der Waals surface area contributed by atoms with E-state index < -0.39 is 68.9 Å². The third kappa shape index (κ3) is 87.7.